The molecular formula is C11H18Cl2O2. The van der Waals surface area contributed by atoms with Crippen molar-refractivity contribution in [2.45, 2.75) is 25.9 Å². The van der Waals surface area contributed by atoms with Crippen LogP contribution in [0.1, 0.15) is 19.8 Å². The molecule has 0 aliphatic carbocycles. The summed E-state index contributed by atoms with van der Waals surface area (Å²) in [7, 11) is 1.72. The van der Waals surface area contributed by atoms with Crippen molar-refractivity contribution in [3.05, 3.63) is 11.1 Å². The Kier molecular flexibility index (Phi) is 5.41. The van der Waals surface area contributed by atoms with Gasteiger partial charge in [-0.2, -0.15) is 0 Å². The number of ether oxygens (including phenoxy) is 2. The van der Waals surface area contributed by atoms with E-state index in [0.29, 0.717) is 12.3 Å². The molecular weight excluding hydrogens is 235 g/mol. The second kappa shape index (κ2) is 6.09. The van der Waals surface area contributed by atoms with Gasteiger partial charge in [-0.25, -0.2) is 0 Å². The highest BCUT2D eigenvalue weighted by Gasteiger charge is 2.38. The molecule has 1 aliphatic rings. The molecule has 0 radical (unpaired) electrons. The maximum atomic E-state index is 6.05. The standard InChI is InChI=1S/C11H18Cl2O2/c1-11(4-6-15-8-11)10(14-2)7-9(13)3-5-12/h3,10H,4-8H2,1-2H3/b9-3-. The van der Waals surface area contributed by atoms with E-state index in [2.05, 4.69) is 6.92 Å². The van der Waals surface area contributed by atoms with Crippen LogP contribution in [0.5, 0.6) is 0 Å². The molecule has 0 spiro atoms. The van der Waals surface area contributed by atoms with Gasteiger partial charge in [-0.3, -0.25) is 0 Å². The summed E-state index contributed by atoms with van der Waals surface area (Å²) < 4.78 is 10.9. The number of hydrogen-bond donors (Lipinski definition) is 0. The van der Waals surface area contributed by atoms with Gasteiger partial charge in [0.1, 0.15) is 0 Å². The molecule has 1 fully saturated rings. The van der Waals surface area contributed by atoms with Crippen molar-refractivity contribution in [1.82, 2.24) is 0 Å². The monoisotopic (exact) mass is 252 g/mol. The number of methoxy groups -OCH3 is 1. The van der Waals surface area contributed by atoms with Crippen LogP contribution in [-0.4, -0.2) is 32.3 Å². The van der Waals surface area contributed by atoms with E-state index in [4.69, 9.17) is 32.7 Å². The van der Waals surface area contributed by atoms with Crippen molar-refractivity contribution < 1.29 is 9.47 Å². The summed E-state index contributed by atoms with van der Waals surface area (Å²) in [6.07, 6.45) is 3.65. The predicted molar refractivity (Wildman–Crippen MR) is 63.6 cm³/mol. The van der Waals surface area contributed by atoms with Crippen LogP contribution in [0, 0.1) is 5.41 Å². The van der Waals surface area contributed by atoms with E-state index >= 15 is 0 Å². The summed E-state index contributed by atoms with van der Waals surface area (Å²) in [6, 6.07) is 0. The van der Waals surface area contributed by atoms with Gasteiger partial charge in [0.2, 0.25) is 0 Å². The molecule has 88 valence electrons. The van der Waals surface area contributed by atoms with Crippen molar-refractivity contribution in [3.63, 3.8) is 0 Å². The molecule has 1 aliphatic heterocycles. The fourth-order valence-corrected chi connectivity index (χ4v) is 2.38. The molecule has 0 aromatic rings. The largest absolute Gasteiger partial charge is 0.381 e. The zero-order chi connectivity index (χ0) is 11.3. The molecule has 1 heterocycles. The highest BCUT2D eigenvalue weighted by molar-refractivity contribution is 6.30. The first-order valence-electron chi connectivity index (χ1n) is 5.13. The van der Waals surface area contributed by atoms with Crippen LogP contribution in [0.15, 0.2) is 11.1 Å². The molecule has 0 saturated carbocycles. The molecule has 2 unspecified atom stereocenters. The van der Waals surface area contributed by atoms with Gasteiger partial charge in [0, 0.05) is 36.5 Å². The van der Waals surface area contributed by atoms with Crippen molar-refractivity contribution in [3.8, 4) is 0 Å². The summed E-state index contributed by atoms with van der Waals surface area (Å²) in [4.78, 5) is 0. The summed E-state index contributed by atoms with van der Waals surface area (Å²) in [5, 5.41) is 0.768. The predicted octanol–water partition coefficient (Wildman–Crippen LogP) is 3.18. The Hall–Kier alpha value is 0.240. The number of rotatable bonds is 5. The van der Waals surface area contributed by atoms with Crippen LogP contribution >= 0.6 is 23.2 Å². The molecule has 0 aromatic carbocycles. The first kappa shape index (κ1) is 13.3. The zero-order valence-electron chi connectivity index (χ0n) is 9.26. The van der Waals surface area contributed by atoms with Crippen LogP contribution < -0.4 is 0 Å². The fourth-order valence-electron chi connectivity index (χ4n) is 1.90. The molecule has 0 N–H and O–H groups in total. The first-order chi connectivity index (χ1) is 7.12. The zero-order valence-corrected chi connectivity index (χ0v) is 10.8. The van der Waals surface area contributed by atoms with Crippen molar-refractivity contribution in [1.29, 1.82) is 0 Å². The van der Waals surface area contributed by atoms with Gasteiger partial charge in [-0.15, -0.1) is 11.6 Å². The molecule has 0 aromatic heterocycles. The third-order valence-corrected chi connectivity index (χ3v) is 3.45. The second-order valence-electron chi connectivity index (χ2n) is 4.19. The minimum atomic E-state index is 0.0784. The Morgan fingerprint density at radius 2 is 2.40 bits per heavy atom. The SMILES string of the molecule is COC(C/C(Cl)=C/CCl)C1(C)CCOC1. The number of allylic oxidation sites excluding steroid dienone is 1. The van der Waals surface area contributed by atoms with E-state index < -0.39 is 0 Å². The molecule has 4 heteroatoms. The highest BCUT2D eigenvalue weighted by Crippen LogP contribution is 2.36. The van der Waals surface area contributed by atoms with Crippen LogP contribution in [0.2, 0.25) is 0 Å². The maximum absolute atomic E-state index is 6.05. The number of hydrogen-bond acceptors (Lipinski definition) is 2. The van der Waals surface area contributed by atoms with Crippen LogP contribution in [0.25, 0.3) is 0 Å². The Balaban J connectivity index is 2.58. The Labute approximate surface area is 102 Å². The summed E-state index contributed by atoms with van der Waals surface area (Å²) in [6.45, 7) is 3.74. The van der Waals surface area contributed by atoms with Crippen LogP contribution in [0.4, 0.5) is 0 Å². The minimum Gasteiger partial charge on any atom is -0.381 e. The highest BCUT2D eigenvalue weighted by atomic mass is 35.5. The molecule has 15 heavy (non-hydrogen) atoms. The van der Waals surface area contributed by atoms with Crippen molar-refractivity contribution >= 4 is 23.2 Å². The van der Waals surface area contributed by atoms with E-state index in [1.165, 1.54) is 0 Å². The Morgan fingerprint density at radius 1 is 1.67 bits per heavy atom. The van der Waals surface area contributed by atoms with Gasteiger partial charge in [-0.1, -0.05) is 24.6 Å². The summed E-state index contributed by atoms with van der Waals surface area (Å²) >= 11 is 11.6. The average Bonchev–Trinajstić information content (AvgIpc) is 2.63. The van der Waals surface area contributed by atoms with Crippen LogP contribution in [0.3, 0.4) is 0 Å². The van der Waals surface area contributed by atoms with Gasteiger partial charge in [0.25, 0.3) is 0 Å². The first-order valence-corrected chi connectivity index (χ1v) is 6.04. The lowest BCUT2D eigenvalue weighted by Gasteiger charge is -2.31. The summed E-state index contributed by atoms with van der Waals surface area (Å²) in [5.74, 6) is 0.447. The average molecular weight is 253 g/mol. The second-order valence-corrected chi connectivity index (χ2v) is 4.98. The lowest BCUT2D eigenvalue weighted by Crippen LogP contribution is -2.34. The van der Waals surface area contributed by atoms with E-state index in [1.54, 1.807) is 7.11 Å². The smallest absolute Gasteiger partial charge is 0.0696 e. The lowest BCUT2D eigenvalue weighted by atomic mass is 9.82. The van der Waals surface area contributed by atoms with Gasteiger partial charge < -0.3 is 9.47 Å². The lowest BCUT2D eigenvalue weighted by molar-refractivity contribution is -0.00682. The third kappa shape index (κ3) is 3.63. The fraction of sp³-hybridized carbons (Fsp3) is 0.818. The number of halogens is 2. The Bertz CT molecular complexity index is 223. The van der Waals surface area contributed by atoms with Gasteiger partial charge in [0.05, 0.1) is 12.7 Å². The van der Waals surface area contributed by atoms with E-state index in [1.807, 2.05) is 6.08 Å². The third-order valence-electron chi connectivity index (χ3n) is 2.99. The van der Waals surface area contributed by atoms with Crippen molar-refractivity contribution in [2.75, 3.05) is 26.2 Å². The van der Waals surface area contributed by atoms with E-state index in [-0.39, 0.29) is 11.5 Å². The maximum Gasteiger partial charge on any atom is 0.0696 e. The molecule has 2 atom stereocenters. The summed E-state index contributed by atoms with van der Waals surface area (Å²) in [5.41, 5.74) is 0.0784. The van der Waals surface area contributed by atoms with Gasteiger partial charge in [-0.05, 0) is 6.42 Å². The molecule has 0 amide bonds. The molecule has 0 bridgehead atoms. The normalized spacial score (nSPS) is 29.5. The number of alkyl halides is 1. The van der Waals surface area contributed by atoms with Gasteiger partial charge in [0.15, 0.2) is 0 Å². The molecule has 1 saturated heterocycles. The Morgan fingerprint density at radius 3 is 2.87 bits per heavy atom. The topological polar surface area (TPSA) is 18.5 Å². The van der Waals surface area contributed by atoms with Crippen LogP contribution in [-0.2, 0) is 9.47 Å². The molecule has 1 rings (SSSR count). The van der Waals surface area contributed by atoms with E-state index in [0.717, 1.165) is 24.7 Å². The quantitative estimate of drug-likeness (QED) is 0.700. The van der Waals surface area contributed by atoms with E-state index in [9.17, 15) is 0 Å². The minimum absolute atomic E-state index is 0.0784. The molecule has 2 nitrogen and oxygen atoms in total. The van der Waals surface area contributed by atoms with Crippen molar-refractivity contribution in [2.24, 2.45) is 5.41 Å². The van der Waals surface area contributed by atoms with Gasteiger partial charge >= 0.3 is 0 Å².